The fourth-order valence-corrected chi connectivity index (χ4v) is 3.45. The number of nitrogens with zero attached hydrogens (tertiary/aromatic N) is 1. The first-order valence-electron chi connectivity index (χ1n) is 10.6. The van der Waals surface area contributed by atoms with E-state index in [1.165, 1.54) is 5.56 Å². The van der Waals surface area contributed by atoms with Gasteiger partial charge in [0.2, 0.25) is 0 Å². The second kappa shape index (κ2) is 10.2. The predicted octanol–water partition coefficient (Wildman–Crippen LogP) is 7.07. The third-order valence-corrected chi connectivity index (χ3v) is 5.15. The molecule has 160 valence electrons. The van der Waals surface area contributed by atoms with Crippen molar-refractivity contribution in [1.82, 2.24) is 0 Å². The standard InChI is InChI=1S/C30H23NO2/c1-23-7-18-28(19-8-23)31(27-5-3-2-4-6-27)29-20-15-26(16-21-29)14-11-24-9-12-25(13-10-24)17-22-30(32)33/h2-16,18-21H,1H3,(H,32,33). The number of anilines is 3. The van der Waals surface area contributed by atoms with Gasteiger partial charge in [0.15, 0.2) is 0 Å². The molecule has 0 fully saturated rings. The van der Waals surface area contributed by atoms with E-state index in [0.717, 1.165) is 28.2 Å². The third-order valence-electron chi connectivity index (χ3n) is 5.15. The Morgan fingerprint density at radius 2 is 1.18 bits per heavy atom. The maximum Gasteiger partial charge on any atom is 0.382 e. The van der Waals surface area contributed by atoms with Crippen LogP contribution in [0.5, 0.6) is 0 Å². The molecule has 0 aliphatic carbocycles. The minimum absolute atomic E-state index is 0.677. The summed E-state index contributed by atoms with van der Waals surface area (Å²) in [6.45, 7) is 2.09. The molecule has 0 unspecified atom stereocenters. The van der Waals surface area contributed by atoms with Gasteiger partial charge in [-0.3, -0.25) is 0 Å². The minimum atomic E-state index is -1.13. The number of aliphatic carboxylic acids is 1. The fourth-order valence-electron chi connectivity index (χ4n) is 3.45. The van der Waals surface area contributed by atoms with Crippen molar-refractivity contribution >= 4 is 35.2 Å². The van der Waals surface area contributed by atoms with Gasteiger partial charge in [-0.15, -0.1) is 0 Å². The van der Waals surface area contributed by atoms with Crippen molar-refractivity contribution in [2.24, 2.45) is 0 Å². The normalized spacial score (nSPS) is 10.5. The number of hydrogen-bond acceptors (Lipinski definition) is 2. The Labute approximate surface area is 194 Å². The first-order valence-corrected chi connectivity index (χ1v) is 10.6. The zero-order valence-electron chi connectivity index (χ0n) is 18.3. The molecule has 0 aliphatic heterocycles. The van der Waals surface area contributed by atoms with E-state index >= 15 is 0 Å². The lowest BCUT2D eigenvalue weighted by Crippen LogP contribution is -2.09. The van der Waals surface area contributed by atoms with Gasteiger partial charge in [-0.2, -0.15) is 0 Å². The predicted molar refractivity (Wildman–Crippen MR) is 136 cm³/mol. The number of carboxylic acid groups (broad SMARTS) is 1. The summed E-state index contributed by atoms with van der Waals surface area (Å²) in [5.41, 5.74) is 7.32. The van der Waals surface area contributed by atoms with Crippen LogP contribution >= 0.6 is 0 Å². The van der Waals surface area contributed by atoms with Gasteiger partial charge < -0.3 is 10.0 Å². The molecule has 0 heterocycles. The topological polar surface area (TPSA) is 40.5 Å². The van der Waals surface area contributed by atoms with E-state index in [9.17, 15) is 4.79 Å². The van der Waals surface area contributed by atoms with E-state index in [4.69, 9.17) is 5.11 Å². The number of benzene rings is 4. The summed E-state index contributed by atoms with van der Waals surface area (Å²) >= 11 is 0. The number of para-hydroxylation sites is 1. The van der Waals surface area contributed by atoms with Gasteiger partial charge in [0.05, 0.1) is 0 Å². The maximum absolute atomic E-state index is 10.6. The maximum atomic E-state index is 10.6. The highest BCUT2D eigenvalue weighted by Crippen LogP contribution is 2.34. The van der Waals surface area contributed by atoms with Gasteiger partial charge in [-0.05, 0) is 66.6 Å². The molecule has 33 heavy (non-hydrogen) atoms. The first-order chi connectivity index (χ1) is 16.1. The van der Waals surface area contributed by atoms with Crippen LogP contribution in [0.1, 0.15) is 22.3 Å². The molecule has 3 heteroatoms. The Hall–Kier alpha value is -4.55. The van der Waals surface area contributed by atoms with Crippen molar-refractivity contribution in [3.05, 3.63) is 125 Å². The molecule has 3 nitrogen and oxygen atoms in total. The zero-order chi connectivity index (χ0) is 23.0. The molecular formula is C30H23NO2. The van der Waals surface area contributed by atoms with Crippen LogP contribution in [-0.2, 0) is 4.79 Å². The second-order valence-corrected chi connectivity index (χ2v) is 7.61. The number of aryl methyl sites for hydroxylation is 1. The monoisotopic (exact) mass is 429 g/mol. The molecule has 4 rings (SSSR count). The van der Waals surface area contributed by atoms with Crippen LogP contribution in [0.25, 0.3) is 12.2 Å². The molecule has 1 N–H and O–H groups in total. The van der Waals surface area contributed by atoms with Crippen LogP contribution in [0, 0.1) is 18.8 Å². The van der Waals surface area contributed by atoms with Crippen LogP contribution in [0.4, 0.5) is 17.1 Å². The Morgan fingerprint density at radius 1 is 0.697 bits per heavy atom. The van der Waals surface area contributed by atoms with Crippen LogP contribution in [0.2, 0.25) is 0 Å². The van der Waals surface area contributed by atoms with E-state index in [2.05, 4.69) is 90.4 Å². The Bertz CT molecular complexity index is 1310. The number of hydrogen-bond donors (Lipinski definition) is 1. The lowest BCUT2D eigenvalue weighted by atomic mass is 10.1. The first kappa shape index (κ1) is 21.7. The van der Waals surface area contributed by atoms with E-state index in [-0.39, 0.29) is 0 Å². The van der Waals surface area contributed by atoms with E-state index < -0.39 is 5.97 Å². The molecule has 0 bridgehead atoms. The summed E-state index contributed by atoms with van der Waals surface area (Å²) < 4.78 is 0. The van der Waals surface area contributed by atoms with Gasteiger partial charge in [-0.25, -0.2) is 4.79 Å². The summed E-state index contributed by atoms with van der Waals surface area (Å²) in [5.74, 6) is 3.61. The quantitative estimate of drug-likeness (QED) is 0.272. The van der Waals surface area contributed by atoms with Crippen molar-refractivity contribution in [1.29, 1.82) is 0 Å². The van der Waals surface area contributed by atoms with Gasteiger partial charge in [0, 0.05) is 28.5 Å². The van der Waals surface area contributed by atoms with Crippen LogP contribution < -0.4 is 4.90 Å². The van der Waals surface area contributed by atoms with Crippen molar-refractivity contribution in [3.63, 3.8) is 0 Å². The molecule has 0 aliphatic rings. The lowest BCUT2D eigenvalue weighted by molar-refractivity contribution is -0.130. The fraction of sp³-hybridized carbons (Fsp3) is 0.0333. The van der Waals surface area contributed by atoms with Gasteiger partial charge in [0.25, 0.3) is 0 Å². The molecule has 0 aromatic heterocycles. The summed E-state index contributed by atoms with van der Waals surface area (Å²) in [7, 11) is 0. The Kier molecular flexibility index (Phi) is 6.68. The lowest BCUT2D eigenvalue weighted by Gasteiger charge is -2.25. The highest BCUT2D eigenvalue weighted by molar-refractivity contribution is 5.87. The molecule has 4 aromatic rings. The van der Waals surface area contributed by atoms with E-state index in [1.807, 2.05) is 48.5 Å². The minimum Gasteiger partial charge on any atom is -0.472 e. The molecule has 0 radical (unpaired) electrons. The summed E-state index contributed by atoms with van der Waals surface area (Å²) in [6, 6.07) is 34.8. The van der Waals surface area contributed by atoms with Crippen molar-refractivity contribution in [2.75, 3.05) is 4.90 Å². The number of carboxylic acids is 1. The van der Waals surface area contributed by atoms with Gasteiger partial charge in [-0.1, -0.05) is 78.2 Å². The summed E-state index contributed by atoms with van der Waals surface area (Å²) in [4.78, 5) is 12.8. The molecule has 0 spiro atoms. The second-order valence-electron chi connectivity index (χ2n) is 7.61. The summed E-state index contributed by atoms with van der Waals surface area (Å²) in [6.07, 6.45) is 4.08. The Morgan fingerprint density at radius 3 is 1.73 bits per heavy atom. The molecule has 0 saturated carbocycles. The molecule has 0 saturated heterocycles. The zero-order valence-corrected chi connectivity index (χ0v) is 18.3. The Balaban J connectivity index is 1.55. The van der Waals surface area contributed by atoms with Crippen LogP contribution in [-0.4, -0.2) is 11.1 Å². The average Bonchev–Trinajstić information content (AvgIpc) is 2.85. The number of carbonyl (C=O) groups is 1. The van der Waals surface area contributed by atoms with Crippen molar-refractivity contribution in [2.45, 2.75) is 6.92 Å². The van der Waals surface area contributed by atoms with Crippen LogP contribution in [0.15, 0.2) is 103 Å². The summed E-state index contributed by atoms with van der Waals surface area (Å²) in [5, 5.41) is 8.65. The molecule has 4 aromatic carbocycles. The van der Waals surface area contributed by atoms with Crippen LogP contribution in [0.3, 0.4) is 0 Å². The third kappa shape index (κ3) is 5.78. The highest BCUT2D eigenvalue weighted by atomic mass is 16.4. The molecular weight excluding hydrogens is 406 g/mol. The molecule has 0 amide bonds. The highest BCUT2D eigenvalue weighted by Gasteiger charge is 2.11. The van der Waals surface area contributed by atoms with Gasteiger partial charge in [0.1, 0.15) is 0 Å². The van der Waals surface area contributed by atoms with Crippen molar-refractivity contribution in [3.8, 4) is 11.8 Å². The van der Waals surface area contributed by atoms with E-state index in [1.54, 1.807) is 0 Å². The smallest absolute Gasteiger partial charge is 0.382 e. The molecule has 0 atom stereocenters. The van der Waals surface area contributed by atoms with Crippen molar-refractivity contribution < 1.29 is 9.90 Å². The average molecular weight is 430 g/mol. The largest absolute Gasteiger partial charge is 0.472 e. The number of rotatable bonds is 5. The SMILES string of the molecule is Cc1ccc(N(c2ccccc2)c2ccc(C=Cc3ccc(C#CC(=O)O)cc3)cc2)cc1. The van der Waals surface area contributed by atoms with E-state index in [0.29, 0.717) is 5.56 Å². The van der Waals surface area contributed by atoms with Gasteiger partial charge >= 0.3 is 5.97 Å².